The van der Waals surface area contributed by atoms with E-state index in [2.05, 4.69) is 32.9 Å². The Morgan fingerprint density at radius 3 is 2.63 bits per heavy atom. The van der Waals surface area contributed by atoms with Gasteiger partial charge in [0.25, 0.3) is 0 Å². The van der Waals surface area contributed by atoms with Crippen LogP contribution in [0.2, 0.25) is 0 Å². The van der Waals surface area contributed by atoms with Gasteiger partial charge in [-0.25, -0.2) is 0 Å². The first-order chi connectivity index (χ1) is 9.03. The first-order valence-corrected chi connectivity index (χ1v) is 7.46. The number of nitrogens with two attached hydrogens (primary N) is 1. The Morgan fingerprint density at radius 2 is 2.05 bits per heavy atom. The third-order valence-electron chi connectivity index (χ3n) is 3.99. The molecule has 19 heavy (non-hydrogen) atoms. The average Bonchev–Trinajstić information content (AvgIpc) is 2.43. The van der Waals surface area contributed by atoms with Crippen LogP contribution in [0.15, 0.2) is 24.3 Å². The highest BCUT2D eigenvalue weighted by atomic mass is 16.5. The molecule has 2 heteroatoms. The number of unbranched alkanes of at least 4 members (excludes halogenated alkanes) is 1. The van der Waals surface area contributed by atoms with Crippen molar-refractivity contribution in [1.82, 2.24) is 0 Å². The van der Waals surface area contributed by atoms with Crippen LogP contribution in [0.25, 0.3) is 0 Å². The molecule has 0 radical (unpaired) electrons. The van der Waals surface area contributed by atoms with Crippen molar-refractivity contribution in [3.8, 4) is 5.75 Å². The summed E-state index contributed by atoms with van der Waals surface area (Å²) in [7, 11) is 1.70. The lowest BCUT2D eigenvalue weighted by molar-refractivity contribution is 0.314. The lowest BCUT2D eigenvalue weighted by atomic mass is 9.81. The lowest BCUT2D eigenvalue weighted by Crippen LogP contribution is -2.35. The van der Waals surface area contributed by atoms with Crippen LogP contribution in [0.4, 0.5) is 0 Å². The van der Waals surface area contributed by atoms with E-state index in [0.29, 0.717) is 5.92 Å². The van der Waals surface area contributed by atoms with Gasteiger partial charge in [0, 0.05) is 5.54 Å². The van der Waals surface area contributed by atoms with Crippen LogP contribution in [0.5, 0.6) is 5.75 Å². The van der Waals surface area contributed by atoms with E-state index >= 15 is 0 Å². The Hall–Kier alpha value is -1.02. The normalized spacial score (nSPS) is 15.8. The van der Waals surface area contributed by atoms with Gasteiger partial charge in [0.1, 0.15) is 5.75 Å². The number of hydrogen-bond acceptors (Lipinski definition) is 2. The van der Waals surface area contributed by atoms with Gasteiger partial charge in [0.05, 0.1) is 7.11 Å². The van der Waals surface area contributed by atoms with Crippen molar-refractivity contribution in [2.45, 2.75) is 58.4 Å². The number of ether oxygens (including phenoxy) is 1. The minimum Gasteiger partial charge on any atom is -0.497 e. The maximum Gasteiger partial charge on any atom is 0.119 e. The van der Waals surface area contributed by atoms with Crippen LogP contribution in [-0.4, -0.2) is 7.11 Å². The van der Waals surface area contributed by atoms with E-state index < -0.39 is 0 Å². The fourth-order valence-corrected chi connectivity index (χ4v) is 2.64. The summed E-state index contributed by atoms with van der Waals surface area (Å²) in [5.74, 6) is 1.59. The smallest absolute Gasteiger partial charge is 0.119 e. The van der Waals surface area contributed by atoms with E-state index in [4.69, 9.17) is 10.5 Å². The molecule has 0 saturated carbocycles. The molecule has 1 aromatic carbocycles. The Morgan fingerprint density at radius 1 is 1.32 bits per heavy atom. The summed E-state index contributed by atoms with van der Waals surface area (Å²) in [6, 6.07) is 8.15. The molecule has 0 spiro atoms. The molecule has 0 aliphatic carbocycles. The van der Waals surface area contributed by atoms with E-state index in [1.54, 1.807) is 7.11 Å². The standard InChI is InChI=1S/C17H29NO/c1-5-7-9-14(6-2)13-17(3,18)15-10-8-11-16(12-15)19-4/h8,10-12,14H,5-7,9,13,18H2,1-4H3. The molecule has 2 atom stereocenters. The molecular weight excluding hydrogens is 234 g/mol. The molecule has 0 aliphatic heterocycles. The Bertz CT molecular complexity index is 373. The monoisotopic (exact) mass is 263 g/mol. The molecule has 2 unspecified atom stereocenters. The summed E-state index contributed by atoms with van der Waals surface area (Å²) in [6.07, 6.45) is 6.08. The van der Waals surface area contributed by atoms with E-state index in [1.165, 1.54) is 31.2 Å². The molecule has 0 amide bonds. The minimum atomic E-state index is -0.275. The van der Waals surface area contributed by atoms with Crippen LogP contribution in [0, 0.1) is 5.92 Å². The molecule has 0 bridgehead atoms. The van der Waals surface area contributed by atoms with Crippen LogP contribution < -0.4 is 10.5 Å². The second-order valence-corrected chi connectivity index (χ2v) is 5.77. The zero-order valence-corrected chi connectivity index (χ0v) is 12.9. The van der Waals surface area contributed by atoms with Crippen LogP contribution in [0.3, 0.4) is 0 Å². The average molecular weight is 263 g/mol. The molecule has 0 heterocycles. The zero-order chi connectivity index (χ0) is 14.3. The van der Waals surface area contributed by atoms with Gasteiger partial charge in [-0.2, -0.15) is 0 Å². The molecule has 1 rings (SSSR count). The number of benzene rings is 1. The van der Waals surface area contributed by atoms with Crippen molar-refractivity contribution in [2.75, 3.05) is 7.11 Å². The zero-order valence-electron chi connectivity index (χ0n) is 12.9. The van der Waals surface area contributed by atoms with Gasteiger partial charge in [-0.05, 0) is 37.0 Å². The topological polar surface area (TPSA) is 35.2 Å². The SMILES string of the molecule is CCCCC(CC)CC(C)(N)c1cccc(OC)c1. The third-order valence-corrected chi connectivity index (χ3v) is 3.99. The Balaban J connectivity index is 2.77. The summed E-state index contributed by atoms with van der Waals surface area (Å²) < 4.78 is 5.29. The third kappa shape index (κ3) is 4.87. The van der Waals surface area contributed by atoms with Crippen molar-refractivity contribution in [3.05, 3.63) is 29.8 Å². The first-order valence-electron chi connectivity index (χ1n) is 7.46. The molecule has 0 fully saturated rings. The molecular formula is C17H29NO. The highest BCUT2D eigenvalue weighted by molar-refractivity contribution is 5.32. The van der Waals surface area contributed by atoms with Crippen molar-refractivity contribution in [2.24, 2.45) is 11.7 Å². The number of methoxy groups -OCH3 is 1. The molecule has 108 valence electrons. The minimum absolute atomic E-state index is 0.275. The van der Waals surface area contributed by atoms with E-state index in [1.807, 2.05) is 12.1 Å². The fourth-order valence-electron chi connectivity index (χ4n) is 2.64. The number of rotatable bonds is 8. The Kier molecular flexibility index (Phi) is 6.36. The second kappa shape index (κ2) is 7.54. The van der Waals surface area contributed by atoms with Crippen molar-refractivity contribution >= 4 is 0 Å². The van der Waals surface area contributed by atoms with Crippen LogP contribution in [0.1, 0.15) is 58.4 Å². The predicted molar refractivity (Wildman–Crippen MR) is 82.5 cm³/mol. The highest BCUT2D eigenvalue weighted by Crippen LogP contribution is 2.31. The van der Waals surface area contributed by atoms with Gasteiger partial charge in [-0.3, -0.25) is 0 Å². The van der Waals surface area contributed by atoms with Gasteiger partial charge in [-0.1, -0.05) is 51.7 Å². The van der Waals surface area contributed by atoms with E-state index in [-0.39, 0.29) is 5.54 Å². The van der Waals surface area contributed by atoms with Crippen LogP contribution >= 0.6 is 0 Å². The maximum absolute atomic E-state index is 6.55. The molecule has 2 nitrogen and oxygen atoms in total. The van der Waals surface area contributed by atoms with Gasteiger partial charge < -0.3 is 10.5 Å². The summed E-state index contributed by atoms with van der Waals surface area (Å²) in [4.78, 5) is 0. The molecule has 0 saturated heterocycles. The van der Waals surface area contributed by atoms with Crippen LogP contribution in [-0.2, 0) is 5.54 Å². The quantitative estimate of drug-likeness (QED) is 0.750. The maximum atomic E-state index is 6.55. The second-order valence-electron chi connectivity index (χ2n) is 5.77. The molecule has 1 aromatic rings. The molecule has 0 aromatic heterocycles. The highest BCUT2D eigenvalue weighted by Gasteiger charge is 2.25. The lowest BCUT2D eigenvalue weighted by Gasteiger charge is -2.30. The first kappa shape index (κ1) is 16.0. The Labute approximate surface area is 118 Å². The van der Waals surface area contributed by atoms with Crippen molar-refractivity contribution in [1.29, 1.82) is 0 Å². The summed E-state index contributed by atoms with van der Waals surface area (Å²) in [6.45, 7) is 6.65. The van der Waals surface area contributed by atoms with Crippen molar-refractivity contribution < 1.29 is 4.74 Å². The fraction of sp³-hybridized carbons (Fsp3) is 0.647. The van der Waals surface area contributed by atoms with E-state index in [9.17, 15) is 0 Å². The molecule has 0 aliphatic rings. The van der Waals surface area contributed by atoms with Gasteiger partial charge in [-0.15, -0.1) is 0 Å². The van der Waals surface area contributed by atoms with Gasteiger partial charge in [0.15, 0.2) is 0 Å². The molecule has 2 N–H and O–H groups in total. The predicted octanol–water partition coefficient (Wildman–Crippen LogP) is 4.48. The summed E-state index contributed by atoms with van der Waals surface area (Å²) in [5.41, 5.74) is 7.45. The van der Waals surface area contributed by atoms with Crippen molar-refractivity contribution in [3.63, 3.8) is 0 Å². The summed E-state index contributed by atoms with van der Waals surface area (Å²) in [5, 5.41) is 0. The van der Waals surface area contributed by atoms with Gasteiger partial charge in [0.2, 0.25) is 0 Å². The number of hydrogen-bond donors (Lipinski definition) is 1. The largest absolute Gasteiger partial charge is 0.497 e. The summed E-state index contributed by atoms with van der Waals surface area (Å²) >= 11 is 0. The van der Waals surface area contributed by atoms with E-state index in [0.717, 1.165) is 12.2 Å². The van der Waals surface area contributed by atoms with Gasteiger partial charge >= 0.3 is 0 Å².